The van der Waals surface area contributed by atoms with Gasteiger partial charge in [-0.05, 0) is 53.4 Å². The molecule has 1 unspecified atom stereocenters. The van der Waals surface area contributed by atoms with Crippen LogP contribution >= 0.6 is 11.8 Å². The van der Waals surface area contributed by atoms with Crippen molar-refractivity contribution in [3.63, 3.8) is 0 Å². The van der Waals surface area contributed by atoms with Gasteiger partial charge in [0.2, 0.25) is 0 Å². The van der Waals surface area contributed by atoms with Crippen LogP contribution in [0, 0.1) is 0 Å². The lowest BCUT2D eigenvalue weighted by atomic mass is 10.0. The van der Waals surface area contributed by atoms with E-state index in [0.717, 1.165) is 52.6 Å². The molecule has 1 aliphatic rings. The largest absolute Gasteiger partial charge is 0.508 e. The van der Waals surface area contributed by atoms with E-state index in [4.69, 9.17) is 14.5 Å². The number of fused-ring (bicyclic) bond motifs is 1. The van der Waals surface area contributed by atoms with Crippen molar-refractivity contribution >= 4 is 22.8 Å². The van der Waals surface area contributed by atoms with E-state index < -0.39 is 0 Å². The number of thioether (sulfide) groups is 1. The van der Waals surface area contributed by atoms with Crippen molar-refractivity contribution in [2.45, 2.75) is 24.7 Å². The van der Waals surface area contributed by atoms with Gasteiger partial charge in [0, 0.05) is 43.3 Å². The van der Waals surface area contributed by atoms with Crippen LogP contribution in [0.25, 0.3) is 11.0 Å². The highest BCUT2D eigenvalue weighted by Gasteiger charge is 2.15. The van der Waals surface area contributed by atoms with E-state index in [0.29, 0.717) is 29.8 Å². The molecule has 4 aromatic carbocycles. The van der Waals surface area contributed by atoms with Crippen LogP contribution in [-0.2, 0) is 26.5 Å². The highest BCUT2D eigenvalue weighted by atomic mass is 32.2. The molecule has 1 aliphatic heterocycles. The first-order chi connectivity index (χ1) is 19.1. The van der Waals surface area contributed by atoms with E-state index in [-0.39, 0.29) is 5.75 Å². The zero-order valence-corrected chi connectivity index (χ0v) is 22.7. The predicted molar refractivity (Wildman–Crippen MR) is 157 cm³/mol. The van der Waals surface area contributed by atoms with Gasteiger partial charge >= 0.3 is 0 Å². The number of nitrogens with zero attached hydrogens (tertiary/aromatic N) is 2. The van der Waals surface area contributed by atoms with Gasteiger partial charge < -0.3 is 24.5 Å². The minimum atomic E-state index is 0.222. The van der Waals surface area contributed by atoms with Crippen LogP contribution in [0.3, 0.4) is 0 Å². The number of nitrogens with one attached hydrogen (secondary N) is 1. The van der Waals surface area contributed by atoms with Crippen LogP contribution < -0.4 is 14.8 Å². The topological polar surface area (TPSA) is 68.5 Å². The minimum Gasteiger partial charge on any atom is -0.508 e. The summed E-state index contributed by atoms with van der Waals surface area (Å²) in [4.78, 5) is 4.76. The molecule has 198 valence electrons. The van der Waals surface area contributed by atoms with Gasteiger partial charge in [-0.1, -0.05) is 48.5 Å². The van der Waals surface area contributed by atoms with Crippen LogP contribution in [0.4, 0.5) is 0 Å². The molecule has 2 N–H and O–H groups in total. The third kappa shape index (κ3) is 6.05. The maximum absolute atomic E-state index is 10.6. The summed E-state index contributed by atoms with van der Waals surface area (Å²) in [5.41, 5.74) is 5.17. The number of aromatic hydroxyl groups is 1. The zero-order valence-electron chi connectivity index (χ0n) is 21.8. The number of ether oxygens (including phenoxy) is 2. The summed E-state index contributed by atoms with van der Waals surface area (Å²) >= 11 is 1.98. The van der Waals surface area contributed by atoms with Crippen LogP contribution in [0.2, 0.25) is 0 Å². The van der Waals surface area contributed by atoms with Gasteiger partial charge in [-0.2, -0.15) is 0 Å². The standard InChI is InChI=1S/C32H31N3O3S/c1-35-30-17-26(38-27-12-9-24(31(36)18-27)15-22-5-3-2-4-6-22)13-14-29(30)34-32(35)20-37-25-10-7-23(8-11-25)16-28-19-33-21-39-28/h2-14,17-18,28,33,36H,15-16,19-21H2,1H3. The summed E-state index contributed by atoms with van der Waals surface area (Å²) in [6, 6.07) is 29.8. The lowest BCUT2D eigenvalue weighted by molar-refractivity contribution is 0.292. The number of aryl methyl sites for hydroxylation is 1. The van der Waals surface area contributed by atoms with Crippen LogP contribution in [0.15, 0.2) is 91.0 Å². The Morgan fingerprint density at radius 1 is 0.923 bits per heavy atom. The van der Waals surface area contributed by atoms with Crippen molar-refractivity contribution in [2.75, 3.05) is 12.4 Å². The highest BCUT2D eigenvalue weighted by Crippen LogP contribution is 2.31. The maximum Gasteiger partial charge on any atom is 0.147 e. The molecule has 39 heavy (non-hydrogen) atoms. The average molecular weight is 538 g/mol. The van der Waals surface area contributed by atoms with Crippen LogP contribution in [0.5, 0.6) is 23.0 Å². The molecule has 7 heteroatoms. The Bertz CT molecular complexity index is 1560. The molecule has 1 saturated heterocycles. The van der Waals surface area contributed by atoms with Gasteiger partial charge in [0.05, 0.1) is 11.0 Å². The number of aromatic nitrogens is 2. The normalized spacial score (nSPS) is 15.1. The van der Waals surface area contributed by atoms with Gasteiger partial charge in [0.1, 0.15) is 35.4 Å². The first-order valence-corrected chi connectivity index (χ1v) is 14.2. The van der Waals surface area contributed by atoms with Crippen LogP contribution in [-0.4, -0.2) is 32.3 Å². The fraction of sp³-hybridized carbons (Fsp3) is 0.219. The summed E-state index contributed by atoms with van der Waals surface area (Å²) in [7, 11) is 1.98. The number of hydrogen-bond donors (Lipinski definition) is 2. The summed E-state index contributed by atoms with van der Waals surface area (Å²) in [5, 5.41) is 14.6. The molecule has 1 aromatic heterocycles. The number of benzene rings is 4. The zero-order chi connectivity index (χ0) is 26.6. The SMILES string of the molecule is Cn1c(COc2ccc(CC3CNCS3)cc2)nc2ccc(Oc3ccc(Cc4ccccc4)c(O)c3)cc21. The lowest BCUT2D eigenvalue weighted by Crippen LogP contribution is -2.14. The molecular weight excluding hydrogens is 506 g/mol. The minimum absolute atomic E-state index is 0.222. The second-order valence-electron chi connectivity index (χ2n) is 9.82. The lowest BCUT2D eigenvalue weighted by Gasteiger charge is -2.10. The second-order valence-corrected chi connectivity index (χ2v) is 11.1. The predicted octanol–water partition coefficient (Wildman–Crippen LogP) is 6.45. The summed E-state index contributed by atoms with van der Waals surface area (Å²) in [6.07, 6.45) is 1.74. The molecule has 6 nitrogen and oxygen atoms in total. The van der Waals surface area contributed by atoms with E-state index in [9.17, 15) is 5.11 Å². The fourth-order valence-corrected chi connectivity index (χ4v) is 5.86. The Kier molecular flexibility index (Phi) is 7.43. The van der Waals surface area contributed by atoms with Crippen LogP contribution in [0.1, 0.15) is 22.5 Å². The molecule has 6 rings (SSSR count). The second kappa shape index (κ2) is 11.4. The van der Waals surface area contributed by atoms with Gasteiger partial charge in [0.15, 0.2) is 0 Å². The molecule has 5 aromatic rings. The molecule has 0 radical (unpaired) electrons. The van der Waals surface area contributed by atoms with E-state index in [1.165, 1.54) is 5.56 Å². The molecule has 1 fully saturated rings. The Morgan fingerprint density at radius 2 is 1.69 bits per heavy atom. The summed E-state index contributed by atoms with van der Waals surface area (Å²) in [5.74, 6) is 4.20. The number of rotatable bonds is 9. The third-order valence-electron chi connectivity index (χ3n) is 7.02. The van der Waals surface area contributed by atoms with E-state index in [1.807, 2.05) is 84.0 Å². The van der Waals surface area contributed by atoms with E-state index in [2.05, 4.69) is 29.6 Å². The van der Waals surface area contributed by atoms with Gasteiger partial charge in [-0.3, -0.25) is 0 Å². The first-order valence-electron chi connectivity index (χ1n) is 13.1. The molecule has 1 atom stereocenters. The Hall–Kier alpha value is -3.94. The Balaban J connectivity index is 1.10. The summed E-state index contributed by atoms with van der Waals surface area (Å²) in [6.45, 7) is 1.45. The van der Waals surface area contributed by atoms with E-state index in [1.54, 1.807) is 6.07 Å². The molecule has 0 aliphatic carbocycles. The number of phenols is 1. The summed E-state index contributed by atoms with van der Waals surface area (Å²) < 4.78 is 14.2. The molecule has 0 spiro atoms. The monoisotopic (exact) mass is 537 g/mol. The quantitative estimate of drug-likeness (QED) is 0.225. The number of phenolic OH excluding ortho intramolecular Hbond substituents is 1. The molecule has 0 amide bonds. The first kappa shape index (κ1) is 25.3. The third-order valence-corrected chi connectivity index (χ3v) is 8.20. The van der Waals surface area contributed by atoms with Gasteiger partial charge in [0.25, 0.3) is 0 Å². The Morgan fingerprint density at radius 3 is 2.46 bits per heavy atom. The van der Waals surface area contributed by atoms with Crippen molar-refractivity contribution in [3.05, 3.63) is 114 Å². The maximum atomic E-state index is 10.6. The van der Waals surface area contributed by atoms with Crippen molar-refractivity contribution < 1.29 is 14.6 Å². The molecule has 2 heterocycles. The highest BCUT2D eigenvalue weighted by molar-refractivity contribution is 8.00. The molecule has 0 bridgehead atoms. The van der Waals surface area contributed by atoms with Gasteiger partial charge in [-0.25, -0.2) is 4.98 Å². The van der Waals surface area contributed by atoms with Gasteiger partial charge in [-0.15, -0.1) is 11.8 Å². The average Bonchev–Trinajstić information content (AvgIpc) is 3.58. The number of hydrogen-bond acceptors (Lipinski definition) is 6. The van der Waals surface area contributed by atoms with Crippen molar-refractivity contribution in [3.8, 4) is 23.0 Å². The molecule has 0 saturated carbocycles. The molecular formula is C32H31N3O3S. The van der Waals surface area contributed by atoms with Crippen molar-refractivity contribution in [1.29, 1.82) is 0 Å². The van der Waals surface area contributed by atoms with Crippen molar-refractivity contribution in [1.82, 2.24) is 14.9 Å². The van der Waals surface area contributed by atoms with E-state index >= 15 is 0 Å². The fourth-order valence-electron chi connectivity index (χ4n) is 4.84. The Labute approximate surface area is 232 Å². The van der Waals surface area contributed by atoms with Crippen molar-refractivity contribution in [2.24, 2.45) is 7.05 Å². The number of imidazole rings is 1. The smallest absolute Gasteiger partial charge is 0.147 e.